The molecule has 1 unspecified atom stereocenters. The van der Waals surface area contributed by atoms with Gasteiger partial charge in [-0.15, -0.1) is 0 Å². The van der Waals surface area contributed by atoms with Crippen LogP contribution in [0, 0.1) is 0 Å². The van der Waals surface area contributed by atoms with Gasteiger partial charge in [-0.1, -0.05) is 45.0 Å². The Morgan fingerprint density at radius 1 is 1.10 bits per heavy atom. The Bertz CT molecular complexity index is 482. The Morgan fingerprint density at radius 2 is 1.62 bits per heavy atom. The summed E-state index contributed by atoms with van der Waals surface area (Å²) in [5, 5.41) is 18.3. The summed E-state index contributed by atoms with van der Waals surface area (Å²) in [6.07, 6.45) is -0.0678. The smallest absolute Gasteiger partial charge is 0.325 e. The SMILES string of the molecule is CCN(CCC(=O)O)C(C(=O)O)c1ccc(C(C)C)cc1. The van der Waals surface area contributed by atoms with Crippen LogP contribution in [-0.4, -0.2) is 40.1 Å². The van der Waals surface area contributed by atoms with E-state index in [1.165, 1.54) is 0 Å². The van der Waals surface area contributed by atoms with Crippen LogP contribution in [0.3, 0.4) is 0 Å². The number of rotatable bonds is 8. The molecule has 5 heteroatoms. The number of hydrogen-bond donors (Lipinski definition) is 2. The highest BCUT2D eigenvalue weighted by molar-refractivity contribution is 5.75. The number of nitrogens with zero attached hydrogens (tertiary/aromatic N) is 1. The fourth-order valence-corrected chi connectivity index (χ4v) is 2.28. The molecular formula is C16H23NO4. The van der Waals surface area contributed by atoms with Crippen LogP contribution in [-0.2, 0) is 9.59 Å². The van der Waals surface area contributed by atoms with Gasteiger partial charge in [0.1, 0.15) is 6.04 Å². The molecule has 0 aliphatic rings. The second-order valence-electron chi connectivity index (χ2n) is 5.33. The topological polar surface area (TPSA) is 77.8 Å². The van der Waals surface area contributed by atoms with Gasteiger partial charge in [-0.25, -0.2) is 0 Å². The highest BCUT2D eigenvalue weighted by Gasteiger charge is 2.26. The monoisotopic (exact) mass is 293 g/mol. The molecule has 116 valence electrons. The van der Waals surface area contributed by atoms with Gasteiger partial charge in [0, 0.05) is 6.54 Å². The molecule has 0 saturated carbocycles. The third-order valence-electron chi connectivity index (χ3n) is 3.54. The molecule has 0 amide bonds. The van der Waals surface area contributed by atoms with E-state index in [1.807, 2.05) is 31.2 Å². The van der Waals surface area contributed by atoms with Crippen LogP contribution in [0.2, 0.25) is 0 Å². The highest BCUT2D eigenvalue weighted by atomic mass is 16.4. The van der Waals surface area contributed by atoms with E-state index in [-0.39, 0.29) is 13.0 Å². The Labute approximate surface area is 125 Å². The van der Waals surface area contributed by atoms with Crippen molar-refractivity contribution in [2.45, 2.75) is 39.2 Å². The molecule has 0 aromatic heterocycles. The van der Waals surface area contributed by atoms with Crippen LogP contribution in [0.1, 0.15) is 50.3 Å². The zero-order valence-electron chi connectivity index (χ0n) is 12.7. The van der Waals surface area contributed by atoms with Crippen LogP contribution in [0.5, 0.6) is 0 Å². The maximum Gasteiger partial charge on any atom is 0.325 e. The minimum Gasteiger partial charge on any atom is -0.481 e. The summed E-state index contributed by atoms with van der Waals surface area (Å²) in [6.45, 7) is 6.69. The van der Waals surface area contributed by atoms with Crippen molar-refractivity contribution < 1.29 is 19.8 Å². The summed E-state index contributed by atoms with van der Waals surface area (Å²) in [4.78, 5) is 23.9. The van der Waals surface area contributed by atoms with Crippen molar-refractivity contribution in [3.63, 3.8) is 0 Å². The lowest BCUT2D eigenvalue weighted by Crippen LogP contribution is -2.35. The zero-order chi connectivity index (χ0) is 16.0. The normalized spacial score (nSPS) is 12.6. The van der Waals surface area contributed by atoms with Crippen molar-refractivity contribution in [3.05, 3.63) is 35.4 Å². The number of aliphatic carboxylic acids is 2. The van der Waals surface area contributed by atoms with E-state index in [4.69, 9.17) is 5.11 Å². The van der Waals surface area contributed by atoms with Gasteiger partial charge in [0.05, 0.1) is 6.42 Å². The lowest BCUT2D eigenvalue weighted by Gasteiger charge is -2.27. The zero-order valence-corrected chi connectivity index (χ0v) is 12.7. The molecule has 21 heavy (non-hydrogen) atoms. The first-order valence-electron chi connectivity index (χ1n) is 7.15. The fourth-order valence-electron chi connectivity index (χ4n) is 2.28. The number of carboxylic acid groups (broad SMARTS) is 2. The first-order valence-corrected chi connectivity index (χ1v) is 7.15. The standard InChI is InChI=1S/C16H23NO4/c1-4-17(10-9-14(18)19)15(16(20)21)13-7-5-12(6-8-13)11(2)3/h5-8,11,15H,4,9-10H2,1-3H3,(H,18,19)(H,20,21). The lowest BCUT2D eigenvalue weighted by atomic mass is 9.98. The van der Waals surface area contributed by atoms with Crippen LogP contribution in [0.25, 0.3) is 0 Å². The number of carboxylic acids is 2. The summed E-state index contributed by atoms with van der Waals surface area (Å²) >= 11 is 0. The number of likely N-dealkylation sites (N-methyl/N-ethyl adjacent to an activating group) is 1. The maximum absolute atomic E-state index is 11.6. The van der Waals surface area contributed by atoms with Crippen molar-refractivity contribution in [2.24, 2.45) is 0 Å². The van der Waals surface area contributed by atoms with Crippen molar-refractivity contribution >= 4 is 11.9 Å². The number of benzene rings is 1. The molecule has 0 fully saturated rings. The highest BCUT2D eigenvalue weighted by Crippen LogP contribution is 2.24. The van der Waals surface area contributed by atoms with Crippen LogP contribution in [0.4, 0.5) is 0 Å². The average Bonchev–Trinajstić information content (AvgIpc) is 2.42. The second-order valence-corrected chi connectivity index (χ2v) is 5.33. The molecule has 0 heterocycles. The molecule has 1 atom stereocenters. The quantitative estimate of drug-likeness (QED) is 0.770. The number of hydrogen-bond acceptors (Lipinski definition) is 3. The number of carbonyl (C=O) groups is 2. The van der Waals surface area contributed by atoms with Gasteiger partial charge < -0.3 is 10.2 Å². The van der Waals surface area contributed by atoms with Gasteiger partial charge in [-0.05, 0) is 23.6 Å². The van der Waals surface area contributed by atoms with Crippen LogP contribution in [0.15, 0.2) is 24.3 Å². The van der Waals surface area contributed by atoms with Gasteiger partial charge in [-0.2, -0.15) is 0 Å². The molecule has 0 aliphatic carbocycles. The molecule has 1 rings (SSSR count). The summed E-state index contributed by atoms with van der Waals surface area (Å²) in [7, 11) is 0. The molecular weight excluding hydrogens is 270 g/mol. The van der Waals surface area contributed by atoms with Crippen LogP contribution >= 0.6 is 0 Å². The Hall–Kier alpha value is -1.88. The molecule has 1 aromatic carbocycles. The third kappa shape index (κ3) is 4.86. The average molecular weight is 293 g/mol. The molecule has 0 bridgehead atoms. The van der Waals surface area contributed by atoms with E-state index < -0.39 is 18.0 Å². The first kappa shape index (κ1) is 17.2. The van der Waals surface area contributed by atoms with Crippen molar-refractivity contribution in [2.75, 3.05) is 13.1 Å². The van der Waals surface area contributed by atoms with Gasteiger partial charge >= 0.3 is 11.9 Å². The maximum atomic E-state index is 11.6. The Balaban J connectivity index is 2.98. The van der Waals surface area contributed by atoms with E-state index in [2.05, 4.69) is 13.8 Å². The van der Waals surface area contributed by atoms with Crippen LogP contribution < -0.4 is 0 Å². The van der Waals surface area contributed by atoms with Gasteiger partial charge in [0.2, 0.25) is 0 Å². The van der Waals surface area contributed by atoms with E-state index in [0.29, 0.717) is 18.0 Å². The summed E-state index contributed by atoms with van der Waals surface area (Å²) in [5.41, 5.74) is 1.83. The molecule has 0 radical (unpaired) electrons. The van der Waals surface area contributed by atoms with E-state index in [9.17, 15) is 14.7 Å². The second kappa shape index (κ2) is 7.78. The van der Waals surface area contributed by atoms with Gasteiger partial charge in [-0.3, -0.25) is 14.5 Å². The lowest BCUT2D eigenvalue weighted by molar-refractivity contribution is -0.145. The fraction of sp³-hybridized carbons (Fsp3) is 0.500. The molecule has 0 spiro atoms. The minimum atomic E-state index is -0.959. The molecule has 0 aliphatic heterocycles. The van der Waals surface area contributed by atoms with Crippen molar-refractivity contribution in [1.29, 1.82) is 0 Å². The summed E-state index contributed by atoms with van der Waals surface area (Å²) < 4.78 is 0. The largest absolute Gasteiger partial charge is 0.481 e. The predicted octanol–water partition coefficient (Wildman–Crippen LogP) is 2.73. The molecule has 5 nitrogen and oxygen atoms in total. The first-order chi connectivity index (χ1) is 9.86. The summed E-state index contributed by atoms with van der Waals surface area (Å²) in [5.74, 6) is -1.50. The van der Waals surface area contributed by atoms with E-state index in [0.717, 1.165) is 5.56 Å². The van der Waals surface area contributed by atoms with Crippen molar-refractivity contribution in [1.82, 2.24) is 4.90 Å². The molecule has 0 saturated heterocycles. The van der Waals surface area contributed by atoms with Gasteiger partial charge in [0.15, 0.2) is 0 Å². The Morgan fingerprint density at radius 3 is 2.00 bits per heavy atom. The Kier molecular flexibility index (Phi) is 6.37. The van der Waals surface area contributed by atoms with E-state index >= 15 is 0 Å². The minimum absolute atomic E-state index is 0.0678. The van der Waals surface area contributed by atoms with Gasteiger partial charge in [0.25, 0.3) is 0 Å². The predicted molar refractivity (Wildman–Crippen MR) is 80.4 cm³/mol. The third-order valence-corrected chi connectivity index (χ3v) is 3.54. The summed E-state index contributed by atoms with van der Waals surface area (Å²) in [6, 6.07) is 6.69. The van der Waals surface area contributed by atoms with E-state index in [1.54, 1.807) is 4.90 Å². The molecule has 1 aromatic rings. The van der Waals surface area contributed by atoms with Crippen molar-refractivity contribution in [3.8, 4) is 0 Å². The molecule has 2 N–H and O–H groups in total.